The number of morpholine rings is 2. The lowest BCUT2D eigenvalue weighted by Crippen LogP contribution is -2.58. The number of nitrogens with one attached hydrogen (secondary N) is 2. The van der Waals surface area contributed by atoms with E-state index in [9.17, 15) is 14.0 Å². The summed E-state index contributed by atoms with van der Waals surface area (Å²) in [5.74, 6) is -2.34. The minimum Gasteiger partial charge on any atom is -0.373 e. The third-order valence-corrected chi connectivity index (χ3v) is 13.7. The summed E-state index contributed by atoms with van der Waals surface area (Å²) >= 11 is 0. The fourth-order valence-electron chi connectivity index (χ4n) is 10.2. The highest BCUT2D eigenvalue weighted by atomic mass is 19.1. The summed E-state index contributed by atoms with van der Waals surface area (Å²) in [7, 11) is 0. The van der Waals surface area contributed by atoms with Gasteiger partial charge in [-0.2, -0.15) is 0 Å². The van der Waals surface area contributed by atoms with Gasteiger partial charge in [-0.1, -0.05) is 48.5 Å². The summed E-state index contributed by atoms with van der Waals surface area (Å²) in [6.07, 6.45) is 7.65. The van der Waals surface area contributed by atoms with Gasteiger partial charge in [0.1, 0.15) is 28.8 Å². The molecular formula is C50H51F3N8O4. The molecule has 4 aromatic carbocycles. The lowest BCUT2D eigenvalue weighted by atomic mass is 9.89. The molecule has 2 N–H and O–H groups in total. The molecule has 4 saturated heterocycles. The maximum absolute atomic E-state index is 16.7. The van der Waals surface area contributed by atoms with Gasteiger partial charge in [-0.25, -0.2) is 23.1 Å². The van der Waals surface area contributed by atoms with Crippen LogP contribution in [0.1, 0.15) is 70.9 Å². The van der Waals surface area contributed by atoms with E-state index in [1.54, 1.807) is 63.2 Å². The lowest BCUT2D eigenvalue weighted by molar-refractivity contribution is -0.0417. The average Bonchev–Trinajstić information content (AvgIpc) is 4.04. The second-order valence-electron chi connectivity index (χ2n) is 17.5. The number of hydrogen-bond acceptors (Lipinski definition) is 8. The summed E-state index contributed by atoms with van der Waals surface area (Å²) in [5.41, 5.74) is 4.30. The average molecular weight is 885 g/mol. The number of ether oxygens (including phenoxy) is 2. The maximum atomic E-state index is 16.7. The van der Waals surface area contributed by atoms with Crippen LogP contribution in [0.25, 0.3) is 33.4 Å². The Kier molecular flexibility index (Phi) is 11.9. The summed E-state index contributed by atoms with van der Waals surface area (Å²) in [6, 6.07) is 20.7. The van der Waals surface area contributed by atoms with Crippen LogP contribution in [0.4, 0.5) is 13.2 Å². The van der Waals surface area contributed by atoms with Crippen LogP contribution in [0.3, 0.4) is 0 Å². The van der Waals surface area contributed by atoms with E-state index in [2.05, 4.69) is 20.6 Å². The number of carbonyl (C=O) groups is 2. The first-order chi connectivity index (χ1) is 31.6. The molecule has 6 atom stereocenters. The number of rotatable bonds is 9. The molecule has 15 heteroatoms. The van der Waals surface area contributed by atoms with Gasteiger partial charge in [-0.15, -0.1) is 0 Å². The molecule has 6 aromatic rings. The Morgan fingerprint density at radius 1 is 0.646 bits per heavy atom. The highest BCUT2D eigenvalue weighted by Gasteiger charge is 2.37. The standard InChI is InChI=1S/C50H51F3N8O4/c1-30(60-28-54-24-44(60)49(62)58-16-12-42-46(26-58)64-18-14-56-42)36-8-3-4-9-37(36)34-22-40(52)48(41(53)23-34)33-10-11-38(32-6-5-7-35(51)20-32)39(21-33)31(2)61-29-55-25-45(61)50(63)59-17-13-43-47(27-59)65-19-15-57-43/h3-11,20-25,28-31,42-43,46-47,56-57H,12-19,26-27H2,1-2H3/t30-,31-,42?,43?,46+,47+/m0/s1. The highest BCUT2D eigenvalue weighted by molar-refractivity contribution is 5.93. The number of fused-ring (bicyclic) bond motifs is 2. The Labute approximate surface area is 375 Å². The maximum Gasteiger partial charge on any atom is 0.272 e. The van der Waals surface area contributed by atoms with Crippen LogP contribution < -0.4 is 10.6 Å². The fourth-order valence-corrected chi connectivity index (χ4v) is 10.2. The van der Waals surface area contributed by atoms with Crippen molar-refractivity contribution >= 4 is 11.8 Å². The molecule has 0 radical (unpaired) electrons. The van der Waals surface area contributed by atoms with E-state index in [4.69, 9.17) is 9.47 Å². The molecule has 10 rings (SSSR count). The first-order valence-electron chi connectivity index (χ1n) is 22.4. The summed E-state index contributed by atoms with van der Waals surface area (Å²) < 4.78 is 63.7. The van der Waals surface area contributed by atoms with Crippen LogP contribution >= 0.6 is 0 Å². The van der Waals surface area contributed by atoms with E-state index in [1.807, 2.05) is 43.0 Å². The monoisotopic (exact) mass is 884 g/mol. The first-order valence-corrected chi connectivity index (χ1v) is 22.4. The number of nitrogens with zero attached hydrogens (tertiary/aromatic N) is 6. The van der Waals surface area contributed by atoms with Crippen molar-refractivity contribution in [3.8, 4) is 33.4 Å². The van der Waals surface area contributed by atoms with E-state index < -0.39 is 29.5 Å². The van der Waals surface area contributed by atoms with Gasteiger partial charge in [0.25, 0.3) is 11.8 Å². The summed E-state index contributed by atoms with van der Waals surface area (Å²) in [6.45, 7) is 8.65. The predicted octanol–water partition coefficient (Wildman–Crippen LogP) is 7.12. The minimum atomic E-state index is -0.776. The predicted molar refractivity (Wildman–Crippen MR) is 239 cm³/mol. The van der Waals surface area contributed by atoms with E-state index in [0.717, 1.165) is 31.5 Å². The molecular weight excluding hydrogens is 834 g/mol. The molecule has 336 valence electrons. The van der Waals surface area contributed by atoms with Gasteiger partial charge in [-0.05, 0) is 96.0 Å². The van der Waals surface area contributed by atoms with Crippen LogP contribution in [-0.4, -0.2) is 117 Å². The zero-order chi connectivity index (χ0) is 44.8. The number of halogens is 3. The third-order valence-electron chi connectivity index (χ3n) is 13.7. The Morgan fingerprint density at radius 3 is 1.82 bits per heavy atom. The number of amides is 2. The van der Waals surface area contributed by atoms with Crippen molar-refractivity contribution in [3.63, 3.8) is 0 Å². The molecule has 2 amide bonds. The Bertz CT molecular complexity index is 2720. The number of carbonyl (C=O) groups excluding carboxylic acids is 2. The van der Waals surface area contributed by atoms with E-state index in [0.29, 0.717) is 78.6 Å². The minimum absolute atomic E-state index is 0.0753. The van der Waals surface area contributed by atoms with Gasteiger partial charge < -0.3 is 39.0 Å². The zero-order valence-corrected chi connectivity index (χ0v) is 36.3. The number of imidazole rings is 2. The Morgan fingerprint density at radius 2 is 1.22 bits per heavy atom. The molecule has 2 unspecified atom stereocenters. The van der Waals surface area contributed by atoms with Crippen molar-refractivity contribution in [2.75, 3.05) is 52.5 Å². The SMILES string of the molecule is C[C@@H](c1ccccc1-c1cc(F)c(-c2ccc(-c3cccc(F)c3)c([C@H](C)n3cncc3C(=O)N3CCC4NCCO[C@@H]4C3)c2)c(F)c1)n1cncc1C(=O)N1CCC2NCCO[C@@H]2C1. The highest BCUT2D eigenvalue weighted by Crippen LogP contribution is 2.39. The van der Waals surface area contributed by atoms with Crippen molar-refractivity contribution in [2.24, 2.45) is 0 Å². The topological polar surface area (TPSA) is 119 Å². The molecule has 2 aromatic heterocycles. The van der Waals surface area contributed by atoms with Gasteiger partial charge in [-0.3, -0.25) is 9.59 Å². The van der Waals surface area contributed by atoms with Gasteiger partial charge in [0.15, 0.2) is 0 Å². The Balaban J connectivity index is 0.958. The number of benzene rings is 4. The van der Waals surface area contributed by atoms with Crippen molar-refractivity contribution in [1.82, 2.24) is 39.5 Å². The number of likely N-dealkylation sites (tertiary alicyclic amines) is 2. The van der Waals surface area contributed by atoms with Crippen molar-refractivity contribution in [1.29, 1.82) is 0 Å². The zero-order valence-electron chi connectivity index (χ0n) is 36.3. The van der Waals surface area contributed by atoms with Crippen LogP contribution in [0, 0.1) is 17.5 Å². The van der Waals surface area contributed by atoms with Gasteiger partial charge >= 0.3 is 0 Å². The van der Waals surface area contributed by atoms with Gasteiger partial charge in [0, 0.05) is 51.4 Å². The molecule has 0 bridgehead atoms. The van der Waals surface area contributed by atoms with Crippen LogP contribution in [0.2, 0.25) is 0 Å². The summed E-state index contributed by atoms with van der Waals surface area (Å²) in [5, 5.41) is 6.97. The Hall–Kier alpha value is -6.13. The number of aromatic nitrogens is 4. The molecule has 12 nitrogen and oxygen atoms in total. The third kappa shape index (κ3) is 8.26. The molecule has 0 aliphatic carbocycles. The fraction of sp³-hybridized carbons (Fsp3) is 0.360. The molecule has 65 heavy (non-hydrogen) atoms. The molecule has 0 spiro atoms. The van der Waals surface area contributed by atoms with Crippen LogP contribution in [-0.2, 0) is 9.47 Å². The normalized spacial score (nSPS) is 21.9. The first kappa shape index (κ1) is 42.8. The van der Waals surface area contributed by atoms with E-state index in [1.165, 1.54) is 30.5 Å². The quantitative estimate of drug-likeness (QED) is 0.158. The molecule has 4 aliphatic rings. The molecule has 4 fully saturated rings. The van der Waals surface area contributed by atoms with Crippen molar-refractivity contribution in [2.45, 2.75) is 63.1 Å². The van der Waals surface area contributed by atoms with Gasteiger partial charge in [0.2, 0.25) is 0 Å². The van der Waals surface area contributed by atoms with E-state index >= 15 is 8.78 Å². The second kappa shape index (κ2) is 18.0. The van der Waals surface area contributed by atoms with Crippen LogP contribution in [0.5, 0.6) is 0 Å². The lowest BCUT2D eigenvalue weighted by Gasteiger charge is -2.41. The van der Waals surface area contributed by atoms with Crippen LogP contribution in [0.15, 0.2) is 104 Å². The largest absolute Gasteiger partial charge is 0.373 e. The van der Waals surface area contributed by atoms with E-state index in [-0.39, 0.29) is 47.2 Å². The van der Waals surface area contributed by atoms with Crippen molar-refractivity contribution < 1.29 is 32.2 Å². The van der Waals surface area contributed by atoms with Crippen molar-refractivity contribution in [3.05, 3.63) is 144 Å². The molecule has 0 saturated carbocycles. The second-order valence-corrected chi connectivity index (χ2v) is 17.5. The summed E-state index contributed by atoms with van der Waals surface area (Å²) in [4.78, 5) is 40.4. The smallest absolute Gasteiger partial charge is 0.272 e. The molecule has 4 aliphatic heterocycles. The molecule has 6 heterocycles. The number of piperidine rings is 2. The van der Waals surface area contributed by atoms with Gasteiger partial charge in [0.05, 0.1) is 68.1 Å². The number of hydrogen-bond donors (Lipinski definition) is 2.